The number of benzene rings is 2. The van der Waals surface area contributed by atoms with Gasteiger partial charge in [0.05, 0.1) is 22.4 Å². The van der Waals surface area contributed by atoms with E-state index in [1.807, 2.05) is 24.3 Å². The molecule has 0 aliphatic heterocycles. The van der Waals surface area contributed by atoms with Gasteiger partial charge in [0.25, 0.3) is 0 Å². The Morgan fingerprint density at radius 1 is 1.04 bits per heavy atom. The summed E-state index contributed by atoms with van der Waals surface area (Å²) in [6.07, 6.45) is -0.141. The van der Waals surface area contributed by atoms with Crippen molar-refractivity contribution in [2.45, 2.75) is 10.8 Å². The minimum absolute atomic E-state index is 0.125. The summed E-state index contributed by atoms with van der Waals surface area (Å²) in [5, 5.41) is 0. The Hall–Kier alpha value is -2.45. The number of hydrogen-bond donors (Lipinski definition) is 2. The third kappa shape index (κ3) is 4.77. The molecule has 3 rings (SSSR count). The van der Waals surface area contributed by atoms with Gasteiger partial charge in [-0.2, -0.15) is 0 Å². The number of fused-ring (bicyclic) bond motifs is 1. The number of nitrogens with one attached hydrogen (secondary N) is 2. The van der Waals surface area contributed by atoms with Gasteiger partial charge in [0.2, 0.25) is 11.8 Å². The van der Waals surface area contributed by atoms with Crippen molar-refractivity contribution in [1.29, 1.82) is 0 Å². The number of nitrogens with zero attached hydrogens (tertiary/aromatic N) is 1. The summed E-state index contributed by atoms with van der Waals surface area (Å²) in [6, 6.07) is 13.8. The lowest BCUT2D eigenvalue weighted by Crippen LogP contribution is -2.43. The maximum Gasteiger partial charge on any atom is 0.248 e. The van der Waals surface area contributed by atoms with Crippen LogP contribution in [0, 0.1) is 5.82 Å². The molecule has 128 valence electrons. The molecule has 5 nitrogen and oxygen atoms in total. The van der Waals surface area contributed by atoms with Gasteiger partial charge in [-0.05, 0) is 23.8 Å². The molecular weight excluding hydrogens is 361 g/mol. The second-order valence-electron chi connectivity index (χ2n) is 5.10. The highest BCUT2D eigenvalue weighted by atomic mass is 32.2. The molecule has 0 aliphatic carbocycles. The van der Waals surface area contributed by atoms with Gasteiger partial charge in [-0.15, -0.1) is 11.3 Å². The first kappa shape index (κ1) is 17.4. The van der Waals surface area contributed by atoms with Gasteiger partial charge in [-0.3, -0.25) is 20.4 Å². The number of hydrazine groups is 1. The first-order valence-corrected chi connectivity index (χ1v) is 9.21. The molecule has 25 heavy (non-hydrogen) atoms. The molecule has 0 saturated carbocycles. The Kier molecular flexibility index (Phi) is 5.62. The van der Waals surface area contributed by atoms with Crippen molar-refractivity contribution in [2.24, 2.45) is 0 Å². The number of hydrogen-bond acceptors (Lipinski definition) is 5. The van der Waals surface area contributed by atoms with Gasteiger partial charge in [-0.1, -0.05) is 42.1 Å². The van der Waals surface area contributed by atoms with Crippen LogP contribution in [0.2, 0.25) is 0 Å². The fourth-order valence-electron chi connectivity index (χ4n) is 2.07. The van der Waals surface area contributed by atoms with Crippen LogP contribution in [-0.4, -0.2) is 22.6 Å². The summed E-state index contributed by atoms with van der Waals surface area (Å²) < 4.78 is 15.3. The maximum absolute atomic E-state index is 13.5. The van der Waals surface area contributed by atoms with E-state index in [0.29, 0.717) is 0 Å². The zero-order valence-electron chi connectivity index (χ0n) is 13.0. The summed E-state index contributed by atoms with van der Waals surface area (Å²) in [5.41, 5.74) is 5.78. The predicted octanol–water partition coefficient (Wildman–Crippen LogP) is 2.92. The molecule has 2 aromatic carbocycles. The first-order valence-electron chi connectivity index (χ1n) is 7.41. The Morgan fingerprint density at radius 3 is 2.56 bits per heavy atom. The van der Waals surface area contributed by atoms with Crippen molar-refractivity contribution in [3.05, 3.63) is 59.9 Å². The molecule has 0 spiro atoms. The van der Waals surface area contributed by atoms with Gasteiger partial charge in [0.15, 0.2) is 4.34 Å². The van der Waals surface area contributed by atoms with E-state index in [2.05, 4.69) is 15.8 Å². The number of para-hydroxylation sites is 1. The normalized spacial score (nSPS) is 10.6. The van der Waals surface area contributed by atoms with Crippen molar-refractivity contribution >= 4 is 45.1 Å². The van der Waals surface area contributed by atoms with E-state index in [-0.39, 0.29) is 23.6 Å². The van der Waals surface area contributed by atoms with Crippen molar-refractivity contribution in [3.8, 4) is 0 Å². The second-order valence-corrected chi connectivity index (χ2v) is 7.35. The lowest BCUT2D eigenvalue weighted by Gasteiger charge is -2.07. The van der Waals surface area contributed by atoms with Crippen LogP contribution in [0.15, 0.2) is 52.9 Å². The van der Waals surface area contributed by atoms with Crippen LogP contribution in [0.25, 0.3) is 10.2 Å². The van der Waals surface area contributed by atoms with Gasteiger partial charge < -0.3 is 0 Å². The van der Waals surface area contributed by atoms with E-state index in [4.69, 9.17) is 0 Å². The van der Waals surface area contributed by atoms with Crippen LogP contribution in [0.3, 0.4) is 0 Å². The molecular formula is C17H14FN3O2S2. The van der Waals surface area contributed by atoms with Crippen molar-refractivity contribution < 1.29 is 14.0 Å². The van der Waals surface area contributed by atoms with Crippen molar-refractivity contribution in [3.63, 3.8) is 0 Å². The molecule has 0 fully saturated rings. The molecule has 3 aromatic rings. The van der Waals surface area contributed by atoms with Gasteiger partial charge in [0, 0.05) is 0 Å². The number of carbonyl (C=O) groups excluding carboxylic acids is 2. The van der Waals surface area contributed by atoms with Crippen LogP contribution in [0.4, 0.5) is 4.39 Å². The molecule has 0 atom stereocenters. The summed E-state index contributed by atoms with van der Waals surface area (Å²) in [5.74, 6) is -1.16. The minimum atomic E-state index is -0.483. The van der Waals surface area contributed by atoms with Crippen LogP contribution < -0.4 is 10.9 Å². The van der Waals surface area contributed by atoms with E-state index < -0.39 is 11.7 Å². The molecule has 2 N–H and O–H groups in total. The van der Waals surface area contributed by atoms with E-state index in [0.717, 1.165) is 14.6 Å². The average Bonchev–Trinajstić information content (AvgIpc) is 3.03. The molecule has 0 unspecified atom stereocenters. The van der Waals surface area contributed by atoms with E-state index in [1.54, 1.807) is 12.1 Å². The highest BCUT2D eigenvalue weighted by Crippen LogP contribution is 2.28. The molecule has 1 heterocycles. The molecule has 0 radical (unpaired) electrons. The molecule has 0 aliphatic rings. The Balaban J connectivity index is 1.44. The standard InChI is InChI=1S/C17H14FN3O2S2/c18-12-6-2-1-5-11(12)9-15(22)20-21-16(23)10-24-17-19-13-7-3-4-8-14(13)25-17/h1-8H,9-10H2,(H,20,22)(H,21,23). The smallest absolute Gasteiger partial charge is 0.248 e. The zero-order valence-corrected chi connectivity index (χ0v) is 14.6. The van der Waals surface area contributed by atoms with Crippen LogP contribution in [-0.2, 0) is 16.0 Å². The van der Waals surface area contributed by atoms with Crippen LogP contribution in [0.5, 0.6) is 0 Å². The van der Waals surface area contributed by atoms with Crippen molar-refractivity contribution in [1.82, 2.24) is 15.8 Å². The maximum atomic E-state index is 13.5. The molecule has 2 amide bonds. The Morgan fingerprint density at radius 2 is 1.76 bits per heavy atom. The summed E-state index contributed by atoms with van der Waals surface area (Å²) >= 11 is 2.81. The Bertz CT molecular complexity index is 881. The SMILES string of the molecule is O=C(CSc1nc2ccccc2s1)NNC(=O)Cc1ccccc1F. The molecule has 1 aromatic heterocycles. The largest absolute Gasteiger partial charge is 0.273 e. The fourth-order valence-corrected chi connectivity index (χ4v) is 3.94. The van der Waals surface area contributed by atoms with E-state index >= 15 is 0 Å². The fraction of sp³-hybridized carbons (Fsp3) is 0.118. The molecule has 0 bridgehead atoms. The number of aromatic nitrogens is 1. The topological polar surface area (TPSA) is 71.1 Å². The third-order valence-electron chi connectivity index (χ3n) is 3.25. The lowest BCUT2D eigenvalue weighted by molar-refractivity contribution is -0.127. The number of carbonyl (C=O) groups is 2. The predicted molar refractivity (Wildman–Crippen MR) is 96.7 cm³/mol. The monoisotopic (exact) mass is 375 g/mol. The van der Waals surface area contributed by atoms with Gasteiger partial charge >= 0.3 is 0 Å². The van der Waals surface area contributed by atoms with E-state index in [9.17, 15) is 14.0 Å². The number of thiazole rings is 1. The number of thioether (sulfide) groups is 1. The first-order chi connectivity index (χ1) is 12.1. The lowest BCUT2D eigenvalue weighted by atomic mass is 10.1. The summed E-state index contributed by atoms with van der Waals surface area (Å²) in [4.78, 5) is 28.0. The highest BCUT2D eigenvalue weighted by Gasteiger charge is 2.10. The zero-order chi connectivity index (χ0) is 17.6. The highest BCUT2D eigenvalue weighted by molar-refractivity contribution is 8.01. The van der Waals surface area contributed by atoms with Gasteiger partial charge in [0.1, 0.15) is 5.82 Å². The second kappa shape index (κ2) is 8.09. The van der Waals surface area contributed by atoms with Crippen LogP contribution in [0.1, 0.15) is 5.56 Å². The third-order valence-corrected chi connectivity index (χ3v) is 5.43. The molecule has 8 heteroatoms. The average molecular weight is 375 g/mol. The van der Waals surface area contributed by atoms with Crippen LogP contribution >= 0.6 is 23.1 Å². The van der Waals surface area contributed by atoms with Crippen molar-refractivity contribution in [2.75, 3.05) is 5.75 Å². The summed E-state index contributed by atoms with van der Waals surface area (Å²) in [6.45, 7) is 0. The number of halogens is 1. The van der Waals surface area contributed by atoms with E-state index in [1.165, 1.54) is 35.2 Å². The molecule has 0 saturated heterocycles. The quantitative estimate of drug-likeness (QED) is 0.531. The Labute approximate surface area is 151 Å². The minimum Gasteiger partial charge on any atom is -0.273 e. The number of rotatable bonds is 5. The van der Waals surface area contributed by atoms with Gasteiger partial charge in [-0.25, -0.2) is 9.37 Å². The summed E-state index contributed by atoms with van der Waals surface area (Å²) in [7, 11) is 0. The number of amides is 2.